The molecule has 0 bridgehead atoms. The Labute approximate surface area is 89.7 Å². The van der Waals surface area contributed by atoms with Gasteiger partial charge in [-0.2, -0.15) is 5.10 Å². The molecule has 0 aromatic carbocycles. The average molecular weight is 207 g/mol. The lowest BCUT2D eigenvalue weighted by molar-refractivity contribution is 0.0948. The molecule has 1 N–H and O–H groups in total. The summed E-state index contributed by atoms with van der Waals surface area (Å²) in [6.45, 7) is 3.72. The first-order valence-electron chi connectivity index (χ1n) is 5.66. The summed E-state index contributed by atoms with van der Waals surface area (Å²) in [7, 11) is 0. The van der Waals surface area contributed by atoms with Gasteiger partial charge < -0.3 is 5.32 Å². The Balaban J connectivity index is 2.08. The Morgan fingerprint density at radius 3 is 3.20 bits per heavy atom. The van der Waals surface area contributed by atoms with Crippen LogP contribution in [0.25, 0.3) is 0 Å². The third-order valence-electron chi connectivity index (χ3n) is 2.68. The molecule has 4 nitrogen and oxygen atoms in total. The zero-order valence-electron chi connectivity index (χ0n) is 9.12. The van der Waals surface area contributed by atoms with Gasteiger partial charge in [0.2, 0.25) is 0 Å². The minimum atomic E-state index is -0.0428. The molecule has 15 heavy (non-hydrogen) atoms. The van der Waals surface area contributed by atoms with Crippen LogP contribution >= 0.6 is 0 Å². The Hall–Kier alpha value is -1.32. The summed E-state index contributed by atoms with van der Waals surface area (Å²) in [5.41, 5.74) is 1.77. The number of rotatable bonds is 3. The van der Waals surface area contributed by atoms with Crippen molar-refractivity contribution in [1.29, 1.82) is 0 Å². The molecule has 0 unspecified atom stereocenters. The zero-order chi connectivity index (χ0) is 10.7. The average Bonchev–Trinajstić information content (AvgIpc) is 2.69. The number of hydrogen-bond acceptors (Lipinski definition) is 2. The smallest absolute Gasteiger partial charge is 0.271 e. The van der Waals surface area contributed by atoms with E-state index in [2.05, 4.69) is 10.4 Å². The third kappa shape index (κ3) is 2.19. The fourth-order valence-corrected chi connectivity index (χ4v) is 1.86. The van der Waals surface area contributed by atoms with Crippen LogP contribution < -0.4 is 5.32 Å². The number of aryl methyl sites for hydroxylation is 2. The van der Waals surface area contributed by atoms with Gasteiger partial charge in [0.15, 0.2) is 0 Å². The monoisotopic (exact) mass is 207 g/mol. The molecular formula is C11H17N3O. The fraction of sp³-hybridized carbons (Fsp3) is 0.636. The van der Waals surface area contributed by atoms with Crippen molar-refractivity contribution in [2.45, 2.75) is 39.2 Å². The van der Waals surface area contributed by atoms with Gasteiger partial charge in [-0.15, -0.1) is 0 Å². The Kier molecular flexibility index (Phi) is 3.04. The van der Waals surface area contributed by atoms with Gasteiger partial charge in [-0.1, -0.05) is 6.92 Å². The lowest BCUT2D eigenvalue weighted by Gasteiger charge is -2.11. The highest BCUT2D eigenvalue weighted by atomic mass is 16.1. The fourth-order valence-electron chi connectivity index (χ4n) is 1.86. The highest BCUT2D eigenvalue weighted by molar-refractivity contribution is 5.92. The molecule has 1 aromatic heterocycles. The van der Waals surface area contributed by atoms with E-state index in [9.17, 15) is 4.79 Å². The van der Waals surface area contributed by atoms with E-state index in [1.807, 2.05) is 17.7 Å². The van der Waals surface area contributed by atoms with E-state index in [0.29, 0.717) is 5.69 Å². The molecule has 2 heterocycles. The summed E-state index contributed by atoms with van der Waals surface area (Å²) < 4.78 is 1.96. The topological polar surface area (TPSA) is 46.9 Å². The molecule has 1 aliphatic heterocycles. The molecule has 0 saturated carbocycles. The van der Waals surface area contributed by atoms with Crippen LogP contribution in [0.15, 0.2) is 6.07 Å². The van der Waals surface area contributed by atoms with Crippen LogP contribution in [0.1, 0.15) is 42.4 Å². The first-order valence-corrected chi connectivity index (χ1v) is 5.66. The summed E-state index contributed by atoms with van der Waals surface area (Å²) in [5, 5.41) is 7.15. The molecule has 0 fully saturated rings. The molecule has 1 amide bonds. The number of nitrogens with zero attached hydrogens (tertiary/aromatic N) is 2. The molecule has 0 radical (unpaired) electrons. The van der Waals surface area contributed by atoms with Crippen molar-refractivity contribution >= 4 is 5.91 Å². The van der Waals surface area contributed by atoms with Crippen molar-refractivity contribution in [2.24, 2.45) is 0 Å². The first kappa shape index (κ1) is 10.2. The van der Waals surface area contributed by atoms with E-state index in [1.54, 1.807) is 0 Å². The molecule has 1 aliphatic rings. The van der Waals surface area contributed by atoms with Crippen molar-refractivity contribution < 1.29 is 4.79 Å². The van der Waals surface area contributed by atoms with Crippen LogP contribution in [-0.4, -0.2) is 22.2 Å². The SMILES string of the molecule is CCCNC(=O)c1cc2n(n1)CCCC2. The Morgan fingerprint density at radius 2 is 2.47 bits per heavy atom. The molecular weight excluding hydrogens is 190 g/mol. The van der Waals surface area contributed by atoms with Crippen LogP contribution in [0.4, 0.5) is 0 Å². The minimum absolute atomic E-state index is 0.0428. The van der Waals surface area contributed by atoms with E-state index >= 15 is 0 Å². The first-order chi connectivity index (χ1) is 7.31. The normalized spacial score (nSPS) is 14.7. The van der Waals surface area contributed by atoms with Gasteiger partial charge in [-0.05, 0) is 31.7 Å². The van der Waals surface area contributed by atoms with Crippen LogP contribution in [0.3, 0.4) is 0 Å². The Morgan fingerprint density at radius 1 is 1.60 bits per heavy atom. The van der Waals surface area contributed by atoms with Gasteiger partial charge in [-0.3, -0.25) is 9.48 Å². The lowest BCUT2D eigenvalue weighted by atomic mass is 10.1. The van der Waals surface area contributed by atoms with Gasteiger partial charge in [0.25, 0.3) is 5.91 Å². The maximum Gasteiger partial charge on any atom is 0.271 e. The summed E-state index contributed by atoms with van der Waals surface area (Å²) >= 11 is 0. The maximum absolute atomic E-state index is 11.6. The predicted molar refractivity (Wildman–Crippen MR) is 57.8 cm³/mol. The quantitative estimate of drug-likeness (QED) is 0.813. The second-order valence-corrected chi connectivity index (χ2v) is 3.96. The third-order valence-corrected chi connectivity index (χ3v) is 2.68. The molecule has 1 aromatic rings. The van der Waals surface area contributed by atoms with E-state index in [-0.39, 0.29) is 5.91 Å². The van der Waals surface area contributed by atoms with Crippen molar-refractivity contribution in [3.63, 3.8) is 0 Å². The standard InChI is InChI=1S/C11H17N3O/c1-2-6-12-11(15)10-8-9-5-3-4-7-14(9)13-10/h8H,2-7H2,1H3,(H,12,15). The van der Waals surface area contributed by atoms with E-state index < -0.39 is 0 Å². The number of hydrogen-bond donors (Lipinski definition) is 1. The van der Waals surface area contributed by atoms with Crippen molar-refractivity contribution in [3.05, 3.63) is 17.5 Å². The molecule has 82 valence electrons. The van der Waals surface area contributed by atoms with Crippen LogP contribution in [0, 0.1) is 0 Å². The van der Waals surface area contributed by atoms with Crippen molar-refractivity contribution in [3.8, 4) is 0 Å². The van der Waals surface area contributed by atoms with Crippen LogP contribution in [0.5, 0.6) is 0 Å². The number of nitrogens with one attached hydrogen (secondary N) is 1. The van der Waals surface area contributed by atoms with Gasteiger partial charge in [0.05, 0.1) is 0 Å². The minimum Gasteiger partial charge on any atom is -0.351 e. The number of carbonyl (C=O) groups excluding carboxylic acids is 1. The predicted octanol–water partition coefficient (Wildman–Crippen LogP) is 1.36. The lowest BCUT2D eigenvalue weighted by Crippen LogP contribution is -2.24. The van der Waals surface area contributed by atoms with E-state index in [4.69, 9.17) is 0 Å². The zero-order valence-corrected chi connectivity index (χ0v) is 9.12. The van der Waals surface area contributed by atoms with E-state index in [1.165, 1.54) is 18.5 Å². The second kappa shape index (κ2) is 4.47. The van der Waals surface area contributed by atoms with Gasteiger partial charge in [0, 0.05) is 18.8 Å². The Bertz CT molecular complexity index is 333. The highest BCUT2D eigenvalue weighted by Gasteiger charge is 2.15. The molecule has 0 spiro atoms. The highest BCUT2D eigenvalue weighted by Crippen LogP contribution is 2.14. The maximum atomic E-state index is 11.6. The summed E-state index contributed by atoms with van der Waals surface area (Å²) in [6.07, 6.45) is 4.39. The second-order valence-electron chi connectivity index (χ2n) is 3.96. The number of carbonyl (C=O) groups is 1. The van der Waals surface area contributed by atoms with Crippen molar-refractivity contribution in [1.82, 2.24) is 15.1 Å². The van der Waals surface area contributed by atoms with Crippen LogP contribution in [-0.2, 0) is 13.0 Å². The van der Waals surface area contributed by atoms with E-state index in [0.717, 1.165) is 25.9 Å². The molecule has 2 rings (SSSR count). The molecule has 0 atom stereocenters. The molecule has 4 heteroatoms. The summed E-state index contributed by atoms with van der Waals surface area (Å²) in [5.74, 6) is -0.0428. The summed E-state index contributed by atoms with van der Waals surface area (Å²) in [6, 6.07) is 1.92. The number of amides is 1. The van der Waals surface area contributed by atoms with Gasteiger partial charge >= 0.3 is 0 Å². The largest absolute Gasteiger partial charge is 0.351 e. The molecule has 0 saturated heterocycles. The van der Waals surface area contributed by atoms with Gasteiger partial charge in [0.1, 0.15) is 5.69 Å². The summed E-state index contributed by atoms with van der Waals surface area (Å²) in [4.78, 5) is 11.6. The number of aromatic nitrogens is 2. The number of fused-ring (bicyclic) bond motifs is 1. The molecule has 0 aliphatic carbocycles. The van der Waals surface area contributed by atoms with Gasteiger partial charge in [-0.25, -0.2) is 0 Å². The van der Waals surface area contributed by atoms with Crippen LogP contribution in [0.2, 0.25) is 0 Å². The van der Waals surface area contributed by atoms with Crippen molar-refractivity contribution in [2.75, 3.05) is 6.54 Å².